The number of aromatic nitrogens is 2. The molecule has 2 N–H and O–H groups in total. The van der Waals surface area contributed by atoms with Crippen LogP contribution in [0.5, 0.6) is 5.88 Å². The molecule has 88 valence electrons. The number of benzene rings is 1. The third kappa shape index (κ3) is 2.01. The lowest BCUT2D eigenvalue weighted by atomic mass is 10.2. The predicted octanol–water partition coefficient (Wildman–Crippen LogP) is 2.22. The summed E-state index contributed by atoms with van der Waals surface area (Å²) in [6, 6.07) is 7.50. The number of hydrogen-bond donors (Lipinski definition) is 2. The molecule has 0 fully saturated rings. The van der Waals surface area contributed by atoms with Gasteiger partial charge in [-0.1, -0.05) is 17.7 Å². The van der Waals surface area contributed by atoms with E-state index in [-0.39, 0.29) is 21.8 Å². The lowest BCUT2D eigenvalue weighted by Gasteiger charge is -2.11. The summed E-state index contributed by atoms with van der Waals surface area (Å²) in [5.74, 6) is -0.123. The molecule has 5 heteroatoms. The van der Waals surface area contributed by atoms with E-state index in [9.17, 15) is 9.90 Å². The van der Waals surface area contributed by atoms with E-state index in [2.05, 4.69) is 4.98 Å². The van der Waals surface area contributed by atoms with E-state index in [0.717, 1.165) is 11.3 Å². The highest BCUT2D eigenvalue weighted by molar-refractivity contribution is 7.71. The molecule has 0 aliphatic carbocycles. The molecule has 0 saturated carbocycles. The summed E-state index contributed by atoms with van der Waals surface area (Å²) >= 11 is 5.05. The van der Waals surface area contributed by atoms with Gasteiger partial charge in [0.1, 0.15) is 0 Å². The molecule has 0 radical (unpaired) electrons. The number of aryl methyl sites for hydroxylation is 1. The van der Waals surface area contributed by atoms with Crippen molar-refractivity contribution in [3.8, 4) is 11.6 Å². The van der Waals surface area contributed by atoms with Crippen molar-refractivity contribution in [1.82, 2.24) is 9.55 Å². The Labute approximate surface area is 103 Å². The van der Waals surface area contributed by atoms with E-state index in [1.807, 2.05) is 31.2 Å². The second-order valence-corrected chi connectivity index (χ2v) is 4.27. The number of nitrogens with zero attached hydrogens (tertiary/aromatic N) is 1. The number of H-pyrrole nitrogens is 1. The number of aromatic amines is 1. The summed E-state index contributed by atoms with van der Waals surface area (Å²) in [7, 11) is 0. The predicted molar refractivity (Wildman–Crippen MR) is 68.4 cm³/mol. The summed E-state index contributed by atoms with van der Waals surface area (Å²) < 4.78 is 1.62. The number of aromatic hydroxyl groups is 1. The van der Waals surface area contributed by atoms with Gasteiger partial charge >= 0.3 is 0 Å². The van der Waals surface area contributed by atoms with Crippen molar-refractivity contribution in [3.63, 3.8) is 0 Å². The number of nitrogens with one attached hydrogen (secondary N) is 1. The van der Waals surface area contributed by atoms with Crippen LogP contribution in [0, 0.1) is 18.6 Å². The van der Waals surface area contributed by atoms with Gasteiger partial charge in [0, 0.05) is 0 Å². The molecule has 0 aliphatic rings. The summed E-state index contributed by atoms with van der Waals surface area (Å²) in [5, 5.41) is 9.96. The number of hydrogen-bond acceptors (Lipinski definition) is 3. The van der Waals surface area contributed by atoms with Crippen molar-refractivity contribution in [2.24, 2.45) is 0 Å². The quantitative estimate of drug-likeness (QED) is 0.761. The molecule has 0 saturated heterocycles. The van der Waals surface area contributed by atoms with Gasteiger partial charge in [0.05, 0.1) is 11.3 Å². The average molecular weight is 248 g/mol. The molecule has 0 bridgehead atoms. The van der Waals surface area contributed by atoms with E-state index in [1.165, 1.54) is 4.57 Å². The zero-order chi connectivity index (χ0) is 12.6. The fourth-order valence-corrected chi connectivity index (χ4v) is 1.83. The van der Waals surface area contributed by atoms with Crippen molar-refractivity contribution in [1.29, 1.82) is 0 Å². The summed E-state index contributed by atoms with van der Waals surface area (Å²) in [5.41, 5.74) is 1.72. The van der Waals surface area contributed by atoms with Crippen LogP contribution >= 0.6 is 12.2 Å². The van der Waals surface area contributed by atoms with Crippen LogP contribution in [-0.2, 0) is 0 Å². The minimum Gasteiger partial charge on any atom is -0.494 e. The zero-order valence-electron chi connectivity index (χ0n) is 9.52. The van der Waals surface area contributed by atoms with Crippen LogP contribution in [0.3, 0.4) is 0 Å². The van der Waals surface area contributed by atoms with Crippen LogP contribution in [0.1, 0.15) is 11.1 Å². The van der Waals surface area contributed by atoms with Gasteiger partial charge < -0.3 is 5.11 Å². The van der Waals surface area contributed by atoms with Gasteiger partial charge in [0.2, 0.25) is 5.88 Å². The Kier molecular flexibility index (Phi) is 2.85. The Morgan fingerprint density at radius 2 is 1.82 bits per heavy atom. The highest BCUT2D eigenvalue weighted by atomic mass is 32.1. The summed E-state index contributed by atoms with van der Waals surface area (Å²) in [4.78, 5) is 13.9. The molecular formula is C12H12N2O2S. The molecule has 4 nitrogen and oxygen atoms in total. The highest BCUT2D eigenvalue weighted by Gasteiger charge is 2.09. The Morgan fingerprint density at radius 3 is 2.41 bits per heavy atom. The minimum atomic E-state index is -0.365. The molecule has 17 heavy (non-hydrogen) atoms. The van der Waals surface area contributed by atoms with Crippen LogP contribution < -0.4 is 5.56 Å². The van der Waals surface area contributed by atoms with E-state index in [0.29, 0.717) is 0 Å². The molecule has 2 rings (SSSR count). The first-order valence-electron chi connectivity index (χ1n) is 5.12. The van der Waals surface area contributed by atoms with Crippen molar-refractivity contribution in [2.45, 2.75) is 13.8 Å². The van der Waals surface area contributed by atoms with E-state index in [1.54, 1.807) is 6.92 Å². The first kappa shape index (κ1) is 11.6. The SMILES string of the molecule is Cc1ccc(-n2c(O)c(C)c(=O)[nH]c2=S)cc1. The maximum Gasteiger partial charge on any atom is 0.258 e. The largest absolute Gasteiger partial charge is 0.494 e. The minimum absolute atomic E-state index is 0.123. The molecule has 1 heterocycles. The molecule has 2 aromatic rings. The maximum absolute atomic E-state index is 11.4. The molecule has 1 aromatic heterocycles. The molecule has 0 amide bonds. The lowest BCUT2D eigenvalue weighted by molar-refractivity contribution is 0.428. The zero-order valence-corrected chi connectivity index (χ0v) is 10.3. The number of rotatable bonds is 1. The van der Waals surface area contributed by atoms with Gasteiger partial charge in [-0.3, -0.25) is 14.3 Å². The Bertz CT molecular complexity index is 668. The Hall–Kier alpha value is -1.88. The highest BCUT2D eigenvalue weighted by Crippen LogP contribution is 2.18. The monoisotopic (exact) mass is 248 g/mol. The van der Waals surface area contributed by atoms with Gasteiger partial charge in [-0.05, 0) is 38.2 Å². The molecular weight excluding hydrogens is 236 g/mol. The molecule has 0 spiro atoms. The molecule has 0 aliphatic heterocycles. The van der Waals surface area contributed by atoms with Crippen molar-refractivity contribution in [3.05, 3.63) is 50.5 Å². The fourth-order valence-electron chi connectivity index (χ4n) is 1.55. The first-order valence-corrected chi connectivity index (χ1v) is 5.53. The maximum atomic E-state index is 11.4. The van der Waals surface area contributed by atoms with E-state index < -0.39 is 0 Å². The van der Waals surface area contributed by atoms with Gasteiger partial charge in [0.15, 0.2) is 4.77 Å². The topological polar surface area (TPSA) is 58.0 Å². The molecule has 0 unspecified atom stereocenters. The third-order valence-corrected chi connectivity index (χ3v) is 2.89. The fraction of sp³-hybridized carbons (Fsp3) is 0.167. The van der Waals surface area contributed by atoms with Crippen molar-refractivity contribution >= 4 is 12.2 Å². The van der Waals surface area contributed by atoms with Crippen LogP contribution in [-0.4, -0.2) is 14.7 Å². The second-order valence-electron chi connectivity index (χ2n) is 3.88. The first-order chi connectivity index (χ1) is 8.00. The van der Waals surface area contributed by atoms with E-state index >= 15 is 0 Å². The average Bonchev–Trinajstić information content (AvgIpc) is 2.29. The van der Waals surface area contributed by atoms with Crippen molar-refractivity contribution < 1.29 is 5.11 Å². The second kappa shape index (κ2) is 4.18. The molecule has 0 atom stereocenters. The third-order valence-electron chi connectivity index (χ3n) is 2.60. The summed E-state index contributed by atoms with van der Waals surface area (Å²) in [6.07, 6.45) is 0. The van der Waals surface area contributed by atoms with Gasteiger partial charge in [-0.25, -0.2) is 0 Å². The molecule has 1 aromatic carbocycles. The Morgan fingerprint density at radius 1 is 1.24 bits per heavy atom. The van der Waals surface area contributed by atoms with Gasteiger partial charge in [-0.15, -0.1) is 0 Å². The van der Waals surface area contributed by atoms with E-state index in [4.69, 9.17) is 12.2 Å². The van der Waals surface area contributed by atoms with Crippen molar-refractivity contribution in [2.75, 3.05) is 0 Å². The smallest absolute Gasteiger partial charge is 0.258 e. The Balaban J connectivity index is 2.76. The van der Waals surface area contributed by atoms with Crippen LogP contribution in [0.15, 0.2) is 29.1 Å². The standard InChI is InChI=1S/C12H12N2O2S/c1-7-3-5-9(6-4-7)14-11(16)8(2)10(15)13-12(14)17/h3-6,16H,1-2H3,(H,13,15,17). The van der Waals surface area contributed by atoms with Crippen LogP contribution in [0.2, 0.25) is 0 Å². The normalized spacial score (nSPS) is 10.5. The van der Waals surface area contributed by atoms with Crippen LogP contribution in [0.25, 0.3) is 5.69 Å². The van der Waals surface area contributed by atoms with Crippen LogP contribution in [0.4, 0.5) is 0 Å². The summed E-state index contributed by atoms with van der Waals surface area (Å²) in [6.45, 7) is 3.52. The van der Waals surface area contributed by atoms with Gasteiger partial charge in [-0.2, -0.15) is 0 Å². The lowest BCUT2D eigenvalue weighted by Crippen LogP contribution is -2.15. The van der Waals surface area contributed by atoms with Gasteiger partial charge in [0.25, 0.3) is 5.56 Å².